The number of urea groups is 1. The summed E-state index contributed by atoms with van der Waals surface area (Å²) in [7, 11) is 1.52. The van der Waals surface area contributed by atoms with Gasteiger partial charge in [-0.25, -0.2) is 9.59 Å². The summed E-state index contributed by atoms with van der Waals surface area (Å²) >= 11 is 0. The van der Waals surface area contributed by atoms with E-state index in [9.17, 15) is 19.5 Å². The average molecular weight is 638 g/mol. The van der Waals surface area contributed by atoms with E-state index in [1.807, 2.05) is 66.4 Å². The highest BCUT2D eigenvalue weighted by molar-refractivity contribution is 6.01. The van der Waals surface area contributed by atoms with Gasteiger partial charge in [-0.15, -0.1) is 0 Å². The standard InChI is InChI=1S/C37H39N3O7/c1-25-8-6-7-11-32(25)38-37(44)39-33-19-12-27(20-34(33)45-2)21-35(41)40-29(23-46-22-26-9-4-3-5-10-26)15-16-30(40)24-47-31-17-13-28(14-18-31)36(42)43/h3-14,17-20,29-30H,15-16,21-24H2,1-2H3,(H,42,43)(H2,38,39,44)/t29?,30-/m0/s1. The molecule has 0 spiro atoms. The number of carboxylic acids is 1. The van der Waals surface area contributed by atoms with Crippen LogP contribution >= 0.6 is 0 Å². The van der Waals surface area contributed by atoms with Crippen LogP contribution in [0.5, 0.6) is 11.5 Å². The number of carbonyl (C=O) groups is 3. The van der Waals surface area contributed by atoms with E-state index in [1.165, 1.54) is 19.2 Å². The van der Waals surface area contributed by atoms with Crippen molar-refractivity contribution in [2.75, 3.05) is 31.0 Å². The fourth-order valence-corrected chi connectivity index (χ4v) is 5.67. The predicted octanol–water partition coefficient (Wildman–Crippen LogP) is 6.54. The van der Waals surface area contributed by atoms with Gasteiger partial charge in [-0.1, -0.05) is 54.6 Å². The van der Waals surface area contributed by atoms with E-state index in [0.717, 1.165) is 29.5 Å². The van der Waals surface area contributed by atoms with Crippen molar-refractivity contribution in [2.24, 2.45) is 0 Å². The van der Waals surface area contributed by atoms with Crippen molar-refractivity contribution in [3.63, 3.8) is 0 Å². The summed E-state index contributed by atoms with van der Waals surface area (Å²) in [6.07, 6.45) is 1.61. The number of ether oxygens (including phenoxy) is 3. The molecule has 10 heteroatoms. The number of nitrogens with one attached hydrogen (secondary N) is 2. The van der Waals surface area contributed by atoms with Gasteiger partial charge in [0.15, 0.2) is 0 Å². The zero-order valence-electron chi connectivity index (χ0n) is 26.5. The topological polar surface area (TPSA) is 126 Å². The van der Waals surface area contributed by atoms with Crippen molar-refractivity contribution in [1.82, 2.24) is 4.90 Å². The highest BCUT2D eigenvalue weighted by atomic mass is 16.5. The summed E-state index contributed by atoms with van der Waals surface area (Å²) in [6, 6.07) is 28.2. The Hall–Kier alpha value is -5.35. The minimum Gasteiger partial charge on any atom is -0.495 e. The van der Waals surface area contributed by atoms with Crippen LogP contribution in [0, 0.1) is 6.92 Å². The summed E-state index contributed by atoms with van der Waals surface area (Å²) in [5.74, 6) is -0.117. The summed E-state index contributed by atoms with van der Waals surface area (Å²) in [4.78, 5) is 39.7. The number of likely N-dealkylation sites (tertiary alicyclic amines) is 1. The van der Waals surface area contributed by atoms with Gasteiger partial charge in [0.1, 0.15) is 18.1 Å². The molecule has 4 aromatic carbocycles. The molecule has 1 aliphatic rings. The molecule has 1 fully saturated rings. The van der Waals surface area contributed by atoms with Gasteiger partial charge in [0.25, 0.3) is 0 Å². The number of rotatable bonds is 13. The fraction of sp³-hybridized carbons (Fsp3) is 0.270. The lowest BCUT2D eigenvalue weighted by Gasteiger charge is -2.30. The maximum Gasteiger partial charge on any atom is 0.335 e. The molecule has 1 unspecified atom stereocenters. The van der Waals surface area contributed by atoms with Crippen LogP contribution in [0.25, 0.3) is 0 Å². The Labute approximate surface area is 274 Å². The van der Waals surface area contributed by atoms with Crippen LogP contribution in [-0.4, -0.2) is 60.3 Å². The van der Waals surface area contributed by atoms with Crippen LogP contribution in [0.1, 0.15) is 39.9 Å². The molecule has 3 N–H and O–H groups in total. The highest BCUT2D eigenvalue weighted by Gasteiger charge is 2.37. The first-order valence-corrected chi connectivity index (χ1v) is 15.5. The largest absolute Gasteiger partial charge is 0.495 e. The van der Waals surface area contributed by atoms with E-state index in [1.54, 1.807) is 30.3 Å². The lowest BCUT2D eigenvalue weighted by Crippen LogP contribution is -2.46. The molecular weight excluding hydrogens is 598 g/mol. The number of aryl methyl sites for hydroxylation is 1. The number of methoxy groups -OCH3 is 1. The Bertz CT molecular complexity index is 1680. The number of carboxylic acid groups (broad SMARTS) is 1. The second-order valence-corrected chi connectivity index (χ2v) is 11.4. The molecule has 0 aromatic heterocycles. The Kier molecular flexibility index (Phi) is 11.1. The first-order chi connectivity index (χ1) is 22.8. The summed E-state index contributed by atoms with van der Waals surface area (Å²) in [5.41, 5.74) is 4.08. The van der Waals surface area contributed by atoms with Gasteiger partial charge in [0.2, 0.25) is 5.91 Å². The molecule has 10 nitrogen and oxygen atoms in total. The molecule has 5 rings (SSSR count). The van der Waals surface area contributed by atoms with E-state index in [2.05, 4.69) is 10.6 Å². The molecule has 0 saturated carbocycles. The number of aromatic carboxylic acids is 1. The van der Waals surface area contributed by atoms with Gasteiger partial charge in [-0.2, -0.15) is 0 Å². The first kappa shape index (κ1) is 33.0. The number of amides is 3. The minimum absolute atomic E-state index is 0.0781. The molecular formula is C37H39N3O7. The Morgan fingerprint density at radius 1 is 0.809 bits per heavy atom. The van der Waals surface area contributed by atoms with Crippen molar-refractivity contribution in [2.45, 2.75) is 44.9 Å². The third-order valence-electron chi connectivity index (χ3n) is 8.14. The van der Waals surface area contributed by atoms with Crippen LogP contribution in [0.3, 0.4) is 0 Å². The van der Waals surface area contributed by atoms with Crippen molar-refractivity contribution < 1.29 is 33.7 Å². The van der Waals surface area contributed by atoms with Gasteiger partial charge in [0, 0.05) is 5.69 Å². The van der Waals surface area contributed by atoms with Crippen LogP contribution < -0.4 is 20.1 Å². The fourth-order valence-electron chi connectivity index (χ4n) is 5.67. The smallest absolute Gasteiger partial charge is 0.335 e. The molecule has 47 heavy (non-hydrogen) atoms. The number of anilines is 2. The summed E-state index contributed by atoms with van der Waals surface area (Å²) in [5, 5.41) is 14.9. The van der Waals surface area contributed by atoms with Gasteiger partial charge in [0.05, 0.1) is 50.1 Å². The third-order valence-corrected chi connectivity index (χ3v) is 8.14. The molecule has 0 bridgehead atoms. The number of nitrogens with zero attached hydrogens (tertiary/aromatic N) is 1. The van der Waals surface area contributed by atoms with Crippen LogP contribution in [0.2, 0.25) is 0 Å². The number of benzene rings is 4. The summed E-state index contributed by atoms with van der Waals surface area (Å²) < 4.78 is 17.7. The van der Waals surface area contributed by atoms with E-state index in [-0.39, 0.29) is 36.6 Å². The van der Waals surface area contributed by atoms with Crippen LogP contribution in [0.4, 0.5) is 16.2 Å². The second kappa shape index (κ2) is 15.8. The molecule has 1 heterocycles. The zero-order chi connectivity index (χ0) is 33.2. The molecule has 0 aliphatic carbocycles. The van der Waals surface area contributed by atoms with Crippen LogP contribution in [-0.2, 0) is 22.6 Å². The van der Waals surface area contributed by atoms with E-state index < -0.39 is 12.0 Å². The lowest BCUT2D eigenvalue weighted by molar-refractivity contribution is -0.135. The number of carbonyl (C=O) groups excluding carboxylic acids is 2. The Balaban J connectivity index is 1.26. The molecule has 1 aliphatic heterocycles. The number of hydrogen-bond acceptors (Lipinski definition) is 6. The van der Waals surface area contributed by atoms with Gasteiger partial charge in [-0.3, -0.25) is 4.79 Å². The van der Waals surface area contributed by atoms with Crippen LogP contribution in [0.15, 0.2) is 97.1 Å². The van der Waals surface area contributed by atoms with Gasteiger partial charge in [-0.05, 0) is 78.9 Å². The quantitative estimate of drug-likeness (QED) is 0.152. The molecule has 2 atom stereocenters. The average Bonchev–Trinajstić information content (AvgIpc) is 3.49. The monoisotopic (exact) mass is 637 g/mol. The normalized spacial score (nSPS) is 15.6. The maximum absolute atomic E-state index is 13.9. The zero-order valence-corrected chi connectivity index (χ0v) is 26.5. The highest BCUT2D eigenvalue weighted by Crippen LogP contribution is 2.30. The van der Waals surface area contributed by atoms with E-state index in [0.29, 0.717) is 36.1 Å². The van der Waals surface area contributed by atoms with Gasteiger partial charge >= 0.3 is 12.0 Å². The summed E-state index contributed by atoms with van der Waals surface area (Å²) in [6.45, 7) is 3.00. The van der Waals surface area contributed by atoms with Crippen molar-refractivity contribution >= 4 is 29.3 Å². The molecule has 0 radical (unpaired) electrons. The van der Waals surface area contributed by atoms with E-state index >= 15 is 0 Å². The number of hydrogen-bond donors (Lipinski definition) is 3. The Morgan fingerprint density at radius 3 is 2.19 bits per heavy atom. The molecule has 1 saturated heterocycles. The minimum atomic E-state index is -1.01. The molecule has 4 aromatic rings. The van der Waals surface area contributed by atoms with Crippen molar-refractivity contribution in [3.05, 3.63) is 119 Å². The maximum atomic E-state index is 13.9. The number of para-hydroxylation sites is 1. The van der Waals surface area contributed by atoms with Gasteiger partial charge < -0.3 is 34.9 Å². The van der Waals surface area contributed by atoms with Crippen molar-refractivity contribution in [1.29, 1.82) is 0 Å². The third kappa shape index (κ3) is 8.89. The lowest BCUT2D eigenvalue weighted by atomic mass is 10.1. The van der Waals surface area contributed by atoms with E-state index in [4.69, 9.17) is 14.2 Å². The van der Waals surface area contributed by atoms with Crippen molar-refractivity contribution in [3.8, 4) is 11.5 Å². The molecule has 244 valence electrons. The predicted molar refractivity (Wildman–Crippen MR) is 179 cm³/mol. The second-order valence-electron chi connectivity index (χ2n) is 11.4. The Morgan fingerprint density at radius 2 is 1.49 bits per heavy atom. The first-order valence-electron chi connectivity index (χ1n) is 15.5. The molecule has 3 amide bonds. The SMILES string of the molecule is COc1cc(CC(=O)N2C(COCc3ccccc3)CC[C@H]2COc2ccc(C(=O)O)cc2)ccc1NC(=O)Nc1ccccc1C.